The molecular weight excluding hydrogens is 436 g/mol. The zero-order chi connectivity index (χ0) is 23.5. The Morgan fingerprint density at radius 2 is 1.72 bits per heavy atom. The van der Waals surface area contributed by atoms with Gasteiger partial charge in [-0.15, -0.1) is 0 Å². The van der Waals surface area contributed by atoms with E-state index in [4.69, 9.17) is 15.1 Å². The van der Waals surface area contributed by atoms with Crippen molar-refractivity contribution in [3.63, 3.8) is 0 Å². The number of carbonyl (C=O) groups excluding carboxylic acids is 2. The molecule has 1 aliphatic rings. The monoisotopic (exact) mass is 462 g/mol. The molecule has 172 valence electrons. The average molecular weight is 463 g/mol. The fraction of sp³-hybridized carbons (Fsp3) is 0.364. The Morgan fingerprint density at radius 3 is 2.22 bits per heavy atom. The molecular formula is C22H26N2O7S. The summed E-state index contributed by atoms with van der Waals surface area (Å²) in [7, 11) is -3.90. The Hall–Kier alpha value is -2.95. The maximum atomic E-state index is 12.4. The van der Waals surface area contributed by atoms with Crippen LogP contribution in [0.3, 0.4) is 0 Å². The largest absolute Gasteiger partial charge is 0.444 e. The zero-order valence-electron chi connectivity index (χ0n) is 17.8. The summed E-state index contributed by atoms with van der Waals surface area (Å²) >= 11 is 0. The number of aliphatic hydroxyl groups excluding tert-OH is 1. The van der Waals surface area contributed by atoms with Crippen LogP contribution in [0.1, 0.15) is 18.9 Å². The average Bonchev–Trinajstić information content (AvgIpc) is 3.13. The normalized spacial score (nSPS) is 18.2. The highest BCUT2D eigenvalue weighted by molar-refractivity contribution is 7.92. The molecule has 0 spiro atoms. The molecule has 3 rings (SSSR count). The molecule has 2 atom stereocenters. The first-order valence-corrected chi connectivity index (χ1v) is 11.9. The van der Waals surface area contributed by atoms with Crippen molar-refractivity contribution in [3.8, 4) is 11.1 Å². The van der Waals surface area contributed by atoms with Gasteiger partial charge in [-0.1, -0.05) is 36.4 Å². The van der Waals surface area contributed by atoms with Crippen LogP contribution in [0.15, 0.2) is 48.5 Å². The molecule has 1 fully saturated rings. The topological polar surface area (TPSA) is 133 Å². The number of hydrogen-bond acceptors (Lipinski definition) is 7. The summed E-state index contributed by atoms with van der Waals surface area (Å²) in [6, 6.07) is 15.0. The molecule has 2 aromatic carbocycles. The molecule has 1 aliphatic heterocycles. The van der Waals surface area contributed by atoms with Crippen LogP contribution in [0.2, 0.25) is 0 Å². The summed E-state index contributed by atoms with van der Waals surface area (Å²) < 4.78 is 27.7. The minimum absolute atomic E-state index is 0.0673. The lowest BCUT2D eigenvalue weighted by Gasteiger charge is -2.26. The molecule has 0 saturated carbocycles. The van der Waals surface area contributed by atoms with E-state index in [9.17, 15) is 18.0 Å². The standard InChI is InChI=1S/C22H26N2O7S/c1-22(20(26)23-28,32(2,29)30)13-19-14-24(21(27)31-19)18-9-7-17(8-10-18)16-5-3-15(4-6-16)11-12-25/h3-10,19,25,28H,11-14H2,1-2H3,(H,23,26). The van der Waals surface area contributed by atoms with Gasteiger partial charge in [0.25, 0.3) is 5.91 Å². The van der Waals surface area contributed by atoms with E-state index in [2.05, 4.69) is 0 Å². The molecule has 0 radical (unpaired) electrons. The molecule has 0 bridgehead atoms. The van der Waals surface area contributed by atoms with E-state index in [1.54, 1.807) is 12.1 Å². The molecule has 1 heterocycles. The van der Waals surface area contributed by atoms with Crippen LogP contribution in [0.5, 0.6) is 0 Å². The number of nitrogens with zero attached hydrogens (tertiary/aromatic N) is 1. The molecule has 1 saturated heterocycles. The van der Waals surface area contributed by atoms with Crippen molar-refractivity contribution in [1.82, 2.24) is 5.48 Å². The van der Waals surface area contributed by atoms with E-state index in [-0.39, 0.29) is 19.6 Å². The number of ether oxygens (including phenoxy) is 1. The number of anilines is 1. The second kappa shape index (κ2) is 9.27. The molecule has 2 amide bonds. The number of cyclic esters (lactones) is 1. The number of aliphatic hydroxyl groups is 1. The van der Waals surface area contributed by atoms with Crippen molar-refractivity contribution in [2.75, 3.05) is 24.3 Å². The number of sulfone groups is 1. The summed E-state index contributed by atoms with van der Waals surface area (Å²) in [5.41, 5.74) is 4.93. The number of hydroxylamine groups is 1. The van der Waals surface area contributed by atoms with Gasteiger partial charge >= 0.3 is 6.09 Å². The second-order valence-corrected chi connectivity index (χ2v) is 10.4. The van der Waals surface area contributed by atoms with Gasteiger partial charge in [-0.25, -0.2) is 18.7 Å². The summed E-state index contributed by atoms with van der Waals surface area (Å²) in [6.45, 7) is 1.35. The first kappa shape index (κ1) is 23.7. The number of benzene rings is 2. The maximum Gasteiger partial charge on any atom is 0.414 e. The molecule has 9 nitrogen and oxygen atoms in total. The van der Waals surface area contributed by atoms with Gasteiger partial charge in [-0.2, -0.15) is 0 Å². The van der Waals surface area contributed by atoms with Crippen LogP contribution in [0.25, 0.3) is 11.1 Å². The van der Waals surface area contributed by atoms with Gasteiger partial charge in [0.1, 0.15) is 6.10 Å². The lowest BCUT2D eigenvalue weighted by atomic mass is 10.0. The third-order valence-corrected chi connectivity index (χ3v) is 7.75. The summed E-state index contributed by atoms with van der Waals surface area (Å²) in [6.07, 6.45) is -0.296. The summed E-state index contributed by atoms with van der Waals surface area (Å²) in [4.78, 5) is 25.8. The van der Waals surface area contributed by atoms with E-state index in [1.807, 2.05) is 36.4 Å². The van der Waals surface area contributed by atoms with Crippen LogP contribution in [-0.4, -0.2) is 61.0 Å². The highest BCUT2D eigenvalue weighted by atomic mass is 32.2. The van der Waals surface area contributed by atoms with Crippen LogP contribution >= 0.6 is 0 Å². The number of carbonyl (C=O) groups is 2. The SMILES string of the molecule is CC(CC1CN(c2ccc(-c3ccc(CCO)cc3)cc2)C(=O)O1)(C(=O)NO)S(C)(=O)=O. The third-order valence-electron chi connectivity index (χ3n) is 5.76. The fourth-order valence-corrected chi connectivity index (χ4v) is 4.50. The Balaban J connectivity index is 1.74. The van der Waals surface area contributed by atoms with Crippen LogP contribution in [-0.2, 0) is 25.8 Å². The lowest BCUT2D eigenvalue weighted by Crippen LogP contribution is -2.51. The van der Waals surface area contributed by atoms with Gasteiger partial charge in [-0.05, 0) is 42.2 Å². The van der Waals surface area contributed by atoms with Gasteiger partial charge in [0.05, 0.1) is 6.54 Å². The first-order valence-electron chi connectivity index (χ1n) is 10.0. The minimum atomic E-state index is -3.90. The Kier molecular flexibility index (Phi) is 6.87. The molecule has 32 heavy (non-hydrogen) atoms. The van der Waals surface area contributed by atoms with Crippen LogP contribution in [0, 0.1) is 0 Å². The van der Waals surface area contributed by atoms with E-state index in [1.165, 1.54) is 17.3 Å². The van der Waals surface area contributed by atoms with Crippen LogP contribution < -0.4 is 10.4 Å². The predicted molar refractivity (Wildman–Crippen MR) is 118 cm³/mol. The van der Waals surface area contributed by atoms with Gasteiger partial charge in [0.15, 0.2) is 14.6 Å². The number of hydrogen-bond donors (Lipinski definition) is 3. The number of rotatable bonds is 8. The van der Waals surface area contributed by atoms with E-state index in [0.717, 1.165) is 22.9 Å². The summed E-state index contributed by atoms with van der Waals surface area (Å²) in [5.74, 6) is -1.08. The minimum Gasteiger partial charge on any atom is -0.444 e. The van der Waals surface area contributed by atoms with E-state index >= 15 is 0 Å². The van der Waals surface area contributed by atoms with E-state index in [0.29, 0.717) is 12.1 Å². The lowest BCUT2D eigenvalue weighted by molar-refractivity contribution is -0.132. The van der Waals surface area contributed by atoms with Gasteiger partial charge in [-0.3, -0.25) is 14.9 Å². The highest BCUT2D eigenvalue weighted by Crippen LogP contribution is 2.31. The number of amides is 2. The van der Waals surface area contributed by atoms with Crippen molar-refractivity contribution >= 4 is 27.5 Å². The van der Waals surface area contributed by atoms with Gasteiger partial charge in [0, 0.05) is 25.0 Å². The third kappa shape index (κ3) is 4.77. The summed E-state index contributed by atoms with van der Waals surface area (Å²) in [5, 5.41) is 18.0. The second-order valence-electron chi connectivity index (χ2n) is 7.98. The molecule has 2 unspecified atom stereocenters. The Morgan fingerprint density at radius 1 is 1.16 bits per heavy atom. The van der Waals surface area contributed by atoms with Gasteiger partial charge < -0.3 is 9.84 Å². The Labute approximate surface area is 186 Å². The van der Waals surface area contributed by atoms with Crippen molar-refractivity contribution in [3.05, 3.63) is 54.1 Å². The smallest absolute Gasteiger partial charge is 0.414 e. The van der Waals surface area contributed by atoms with Crippen molar-refractivity contribution in [1.29, 1.82) is 0 Å². The van der Waals surface area contributed by atoms with Crippen molar-refractivity contribution in [2.24, 2.45) is 0 Å². The fourth-order valence-electron chi connectivity index (χ4n) is 3.63. The van der Waals surface area contributed by atoms with Crippen molar-refractivity contribution < 1.29 is 33.1 Å². The first-order chi connectivity index (χ1) is 15.1. The maximum absolute atomic E-state index is 12.4. The Bertz CT molecular complexity index is 1080. The molecule has 10 heteroatoms. The van der Waals surface area contributed by atoms with E-state index < -0.39 is 32.7 Å². The number of nitrogens with one attached hydrogen (secondary N) is 1. The van der Waals surface area contributed by atoms with Crippen molar-refractivity contribution in [2.45, 2.75) is 30.6 Å². The van der Waals surface area contributed by atoms with Gasteiger partial charge in [0.2, 0.25) is 0 Å². The molecule has 0 aromatic heterocycles. The molecule has 0 aliphatic carbocycles. The highest BCUT2D eigenvalue weighted by Gasteiger charge is 2.48. The van der Waals surface area contributed by atoms with Crippen LogP contribution in [0.4, 0.5) is 10.5 Å². The molecule has 3 N–H and O–H groups in total. The quantitative estimate of drug-likeness (QED) is 0.403. The molecule has 2 aromatic rings. The predicted octanol–water partition coefficient (Wildman–Crippen LogP) is 1.91. The zero-order valence-corrected chi connectivity index (χ0v) is 18.6.